The lowest BCUT2D eigenvalue weighted by Gasteiger charge is -2.09. The van der Waals surface area contributed by atoms with Crippen molar-refractivity contribution in [3.63, 3.8) is 0 Å². The van der Waals surface area contributed by atoms with E-state index < -0.39 is 24.8 Å². The van der Waals surface area contributed by atoms with Gasteiger partial charge in [-0.25, -0.2) is 22.0 Å². The van der Waals surface area contributed by atoms with Crippen LogP contribution in [0.5, 0.6) is 0 Å². The van der Waals surface area contributed by atoms with Crippen molar-refractivity contribution in [1.82, 2.24) is 4.24 Å². The van der Waals surface area contributed by atoms with E-state index in [1.165, 1.54) is 7.11 Å². The summed E-state index contributed by atoms with van der Waals surface area (Å²) in [6.07, 6.45) is 2.78. The summed E-state index contributed by atoms with van der Waals surface area (Å²) in [5, 5.41) is 4.75. The Labute approximate surface area is 112 Å². The molecule has 2 aliphatic rings. The number of primary sulfonamides is 1. The molecule has 2 fully saturated rings. The lowest BCUT2D eigenvalue weighted by atomic mass is 10.4. The first kappa shape index (κ1) is 16.1. The van der Waals surface area contributed by atoms with Crippen molar-refractivity contribution in [2.45, 2.75) is 35.7 Å². The van der Waals surface area contributed by atoms with Crippen LogP contribution in [0.4, 0.5) is 0 Å². The standard InChI is InChI=1S/C5H11NO3S.C3H6ClNO2S/c1-9-4-5(2-3-5)10(6,7)8;4-5-8(6,7)3-1-2-3/h2-4H2,1H3,(H2,6,7,8);3,5H,1-2H2. The third-order valence-electron chi connectivity index (χ3n) is 2.89. The van der Waals surface area contributed by atoms with Crippen LogP contribution in [0.3, 0.4) is 0 Å². The van der Waals surface area contributed by atoms with Gasteiger partial charge in [-0.2, -0.15) is 0 Å². The number of hydrogen-bond acceptors (Lipinski definition) is 5. The third-order valence-corrected chi connectivity index (χ3v) is 6.83. The van der Waals surface area contributed by atoms with E-state index in [-0.39, 0.29) is 11.9 Å². The van der Waals surface area contributed by atoms with E-state index in [1.807, 2.05) is 0 Å². The monoisotopic (exact) mass is 320 g/mol. The zero-order valence-electron chi connectivity index (χ0n) is 9.93. The van der Waals surface area contributed by atoms with Crippen LogP contribution >= 0.6 is 11.8 Å². The molecule has 0 radical (unpaired) electrons. The van der Waals surface area contributed by atoms with Crippen molar-refractivity contribution >= 4 is 31.8 Å². The quantitative estimate of drug-likeness (QED) is 0.673. The number of nitrogens with two attached hydrogens (primary N) is 1. The van der Waals surface area contributed by atoms with Gasteiger partial charge >= 0.3 is 0 Å². The molecule has 0 aromatic rings. The van der Waals surface area contributed by atoms with Gasteiger partial charge in [0.05, 0.1) is 11.9 Å². The van der Waals surface area contributed by atoms with E-state index >= 15 is 0 Å². The van der Waals surface area contributed by atoms with Gasteiger partial charge in [0, 0.05) is 7.11 Å². The zero-order valence-corrected chi connectivity index (χ0v) is 12.3. The van der Waals surface area contributed by atoms with Gasteiger partial charge in [0.25, 0.3) is 0 Å². The van der Waals surface area contributed by atoms with Crippen LogP contribution < -0.4 is 9.38 Å². The van der Waals surface area contributed by atoms with Crippen LogP contribution in [0, 0.1) is 0 Å². The van der Waals surface area contributed by atoms with E-state index in [0.29, 0.717) is 12.8 Å². The van der Waals surface area contributed by atoms with E-state index in [9.17, 15) is 16.8 Å². The second kappa shape index (κ2) is 5.59. The first-order valence-electron chi connectivity index (χ1n) is 5.31. The molecule has 2 aliphatic carbocycles. The lowest BCUT2D eigenvalue weighted by Crippen LogP contribution is -2.34. The molecule has 0 bridgehead atoms. The van der Waals surface area contributed by atoms with Crippen molar-refractivity contribution in [3.05, 3.63) is 0 Å². The summed E-state index contributed by atoms with van der Waals surface area (Å²) in [6.45, 7) is 0.228. The Hall–Kier alpha value is 0.0700. The fourth-order valence-electron chi connectivity index (χ4n) is 1.35. The van der Waals surface area contributed by atoms with E-state index in [1.54, 1.807) is 4.24 Å². The Bertz CT molecular complexity index is 482. The molecule has 7 nitrogen and oxygen atoms in total. The number of ether oxygens (including phenoxy) is 1. The normalized spacial score (nSPS) is 21.9. The second-order valence-corrected chi connectivity index (χ2v) is 8.81. The van der Waals surface area contributed by atoms with Crippen LogP contribution in [0.2, 0.25) is 0 Å². The summed E-state index contributed by atoms with van der Waals surface area (Å²) in [5.41, 5.74) is 0. The molecule has 108 valence electrons. The Morgan fingerprint density at radius 3 is 1.94 bits per heavy atom. The molecule has 0 heterocycles. The maximum Gasteiger partial charge on any atom is 0.227 e. The minimum atomic E-state index is -3.38. The highest BCUT2D eigenvalue weighted by Crippen LogP contribution is 2.41. The molecule has 2 saturated carbocycles. The Morgan fingerprint density at radius 1 is 1.33 bits per heavy atom. The minimum absolute atomic E-state index is 0.208. The summed E-state index contributed by atoms with van der Waals surface area (Å²) in [5.74, 6) is 0. The first-order chi connectivity index (χ1) is 8.18. The predicted molar refractivity (Wildman–Crippen MR) is 67.9 cm³/mol. The lowest BCUT2D eigenvalue weighted by molar-refractivity contribution is 0.192. The van der Waals surface area contributed by atoms with Crippen molar-refractivity contribution in [1.29, 1.82) is 0 Å². The van der Waals surface area contributed by atoms with E-state index in [2.05, 4.69) is 0 Å². The average Bonchev–Trinajstić information content (AvgIpc) is 3.11. The van der Waals surface area contributed by atoms with Gasteiger partial charge in [-0.1, -0.05) is 0 Å². The van der Waals surface area contributed by atoms with Crippen molar-refractivity contribution in [2.75, 3.05) is 13.7 Å². The molecule has 0 aliphatic heterocycles. The molecular formula is C8H17ClN2O5S2. The molecule has 3 N–H and O–H groups in total. The van der Waals surface area contributed by atoms with Gasteiger partial charge in [-0.3, -0.25) is 0 Å². The molecule has 0 spiro atoms. The molecule has 2 rings (SSSR count). The molecule has 18 heavy (non-hydrogen) atoms. The fourth-order valence-corrected chi connectivity index (χ4v) is 3.57. The van der Waals surface area contributed by atoms with Gasteiger partial charge in [0.1, 0.15) is 4.75 Å². The predicted octanol–water partition coefficient (Wildman–Crippen LogP) is -0.324. The number of hydrogen-bond donors (Lipinski definition) is 2. The summed E-state index contributed by atoms with van der Waals surface area (Å²) in [7, 11) is -5.01. The molecule has 10 heteroatoms. The molecule has 0 aromatic heterocycles. The van der Waals surface area contributed by atoms with E-state index in [0.717, 1.165) is 12.8 Å². The van der Waals surface area contributed by atoms with Crippen LogP contribution in [0.25, 0.3) is 0 Å². The maximum atomic E-state index is 10.8. The number of halogens is 1. The van der Waals surface area contributed by atoms with Crippen LogP contribution in [-0.4, -0.2) is 40.5 Å². The zero-order chi connectivity index (χ0) is 14.0. The summed E-state index contributed by atoms with van der Waals surface area (Å²) in [6, 6.07) is 0. The van der Waals surface area contributed by atoms with Crippen LogP contribution in [0.1, 0.15) is 25.7 Å². The molecule has 0 amide bonds. The maximum absolute atomic E-state index is 10.8. The summed E-state index contributed by atoms with van der Waals surface area (Å²) < 4.78 is 48.4. The van der Waals surface area contributed by atoms with E-state index in [4.69, 9.17) is 21.7 Å². The highest BCUT2D eigenvalue weighted by Gasteiger charge is 2.53. The number of methoxy groups -OCH3 is 1. The van der Waals surface area contributed by atoms with Gasteiger partial charge in [-0.15, -0.1) is 4.24 Å². The Balaban J connectivity index is 0.000000184. The molecular weight excluding hydrogens is 304 g/mol. The number of rotatable bonds is 5. The molecule has 0 unspecified atom stereocenters. The van der Waals surface area contributed by atoms with Crippen LogP contribution in [0.15, 0.2) is 0 Å². The number of sulfonamides is 2. The SMILES string of the molecule is COCC1(S(N)(=O)=O)CC1.O=S(=O)(NCl)C1CC1. The largest absolute Gasteiger partial charge is 0.383 e. The molecule has 0 atom stereocenters. The smallest absolute Gasteiger partial charge is 0.227 e. The fraction of sp³-hybridized carbons (Fsp3) is 1.00. The molecule has 0 aromatic carbocycles. The van der Waals surface area contributed by atoms with Gasteiger partial charge < -0.3 is 4.74 Å². The Kier molecular flexibility index (Phi) is 5.01. The highest BCUT2D eigenvalue weighted by atomic mass is 35.5. The van der Waals surface area contributed by atoms with Crippen LogP contribution in [-0.2, 0) is 24.8 Å². The number of nitrogens with one attached hydrogen (secondary N) is 1. The third kappa shape index (κ3) is 4.04. The topological polar surface area (TPSA) is 116 Å². The van der Waals surface area contributed by atoms with Gasteiger partial charge in [0.2, 0.25) is 20.0 Å². The molecule has 0 saturated heterocycles. The van der Waals surface area contributed by atoms with Gasteiger partial charge in [0.15, 0.2) is 0 Å². The first-order valence-corrected chi connectivity index (χ1v) is 8.78. The average molecular weight is 321 g/mol. The highest BCUT2D eigenvalue weighted by molar-refractivity contribution is 7.91. The van der Waals surface area contributed by atoms with Crippen molar-refractivity contribution in [3.8, 4) is 0 Å². The summed E-state index contributed by atoms with van der Waals surface area (Å²) >= 11 is 4.89. The summed E-state index contributed by atoms with van der Waals surface area (Å²) in [4.78, 5) is 0. The van der Waals surface area contributed by atoms with Crippen molar-refractivity contribution < 1.29 is 21.6 Å². The second-order valence-electron chi connectivity index (χ2n) is 4.48. The van der Waals surface area contributed by atoms with Crippen molar-refractivity contribution in [2.24, 2.45) is 5.14 Å². The minimum Gasteiger partial charge on any atom is -0.383 e. The van der Waals surface area contributed by atoms with Gasteiger partial charge in [-0.05, 0) is 37.5 Å². The Morgan fingerprint density at radius 2 is 1.83 bits per heavy atom.